The van der Waals surface area contributed by atoms with Crippen LogP contribution >= 0.6 is 0 Å². The molecule has 0 unspecified atom stereocenters. The molecule has 18 heavy (non-hydrogen) atoms. The summed E-state index contributed by atoms with van der Waals surface area (Å²) in [6.45, 7) is 0. The average molecular weight is 239 g/mol. The van der Waals surface area contributed by atoms with Crippen LogP contribution in [0.5, 0.6) is 0 Å². The van der Waals surface area contributed by atoms with Gasteiger partial charge in [-0.25, -0.2) is 9.97 Å². The molecule has 0 bridgehead atoms. The van der Waals surface area contributed by atoms with Gasteiger partial charge in [0.15, 0.2) is 11.5 Å². The predicted octanol–water partition coefficient (Wildman–Crippen LogP) is 2.51. The van der Waals surface area contributed by atoms with Crippen LogP contribution in [0.1, 0.15) is 0 Å². The average Bonchev–Trinajstić information content (AvgIpc) is 2.88. The molecule has 0 aliphatic rings. The fraction of sp³-hybridized carbons (Fsp3) is 0.0769. The summed E-state index contributed by atoms with van der Waals surface area (Å²) in [7, 11) is 1.84. The van der Waals surface area contributed by atoms with Crippen LogP contribution in [-0.4, -0.2) is 21.4 Å². The van der Waals surface area contributed by atoms with Gasteiger partial charge in [-0.2, -0.15) is 0 Å². The van der Waals surface area contributed by atoms with E-state index in [9.17, 15) is 0 Å². The molecule has 0 aliphatic heterocycles. The van der Waals surface area contributed by atoms with Crippen molar-refractivity contribution in [1.82, 2.24) is 14.4 Å². The molecule has 0 spiro atoms. The van der Waals surface area contributed by atoms with Crippen molar-refractivity contribution in [3.05, 3.63) is 48.9 Å². The summed E-state index contributed by atoms with van der Waals surface area (Å²) in [6.07, 6.45) is 5.55. The highest BCUT2D eigenvalue weighted by Crippen LogP contribution is 2.20. The lowest BCUT2D eigenvalue weighted by Gasteiger charge is -2.09. The molecular weight excluding hydrogens is 226 g/mol. The molecule has 0 atom stereocenters. The van der Waals surface area contributed by atoms with Crippen LogP contribution in [-0.2, 0) is 0 Å². The molecule has 0 saturated carbocycles. The molecule has 2 N–H and O–H groups in total. The monoisotopic (exact) mass is 239 g/mol. The maximum Gasteiger partial charge on any atom is 0.180 e. The molecular formula is C13H13N5. The standard InChI is InChI=1S/C13H13N5/c1-14-11-9-18-8-7-15-13(18)12(17-11)16-10-5-3-2-4-6-10/h2-9,14H,1H3,(H,16,17). The Labute approximate surface area is 105 Å². The third-order valence-corrected chi connectivity index (χ3v) is 2.67. The number of hydrogen-bond acceptors (Lipinski definition) is 4. The van der Waals surface area contributed by atoms with Crippen LogP contribution in [0.25, 0.3) is 5.65 Å². The van der Waals surface area contributed by atoms with Gasteiger partial charge < -0.3 is 15.0 Å². The zero-order chi connectivity index (χ0) is 12.4. The summed E-state index contributed by atoms with van der Waals surface area (Å²) >= 11 is 0. The number of nitrogens with one attached hydrogen (secondary N) is 2. The van der Waals surface area contributed by atoms with Crippen molar-refractivity contribution in [2.45, 2.75) is 0 Å². The smallest absolute Gasteiger partial charge is 0.180 e. The Morgan fingerprint density at radius 1 is 1.17 bits per heavy atom. The summed E-state index contributed by atoms with van der Waals surface area (Å²) in [5.41, 5.74) is 1.79. The van der Waals surface area contributed by atoms with E-state index in [1.807, 2.05) is 54.2 Å². The topological polar surface area (TPSA) is 54.2 Å². The molecule has 0 saturated heterocycles. The molecule has 2 heterocycles. The Morgan fingerprint density at radius 3 is 2.78 bits per heavy atom. The van der Waals surface area contributed by atoms with Gasteiger partial charge in [0.2, 0.25) is 0 Å². The first kappa shape index (κ1) is 10.6. The molecule has 5 heteroatoms. The molecule has 0 aliphatic carbocycles. The first-order valence-electron chi connectivity index (χ1n) is 5.70. The van der Waals surface area contributed by atoms with Crippen molar-refractivity contribution in [3.63, 3.8) is 0 Å². The number of anilines is 3. The van der Waals surface area contributed by atoms with E-state index in [0.717, 1.165) is 23.0 Å². The lowest BCUT2D eigenvalue weighted by atomic mass is 10.3. The van der Waals surface area contributed by atoms with Crippen LogP contribution < -0.4 is 10.6 Å². The largest absolute Gasteiger partial charge is 0.372 e. The summed E-state index contributed by atoms with van der Waals surface area (Å²) in [5.74, 6) is 1.52. The second kappa shape index (κ2) is 4.37. The maximum absolute atomic E-state index is 4.48. The lowest BCUT2D eigenvalue weighted by Crippen LogP contribution is -2.02. The number of rotatable bonds is 3. The Morgan fingerprint density at radius 2 is 2.00 bits per heavy atom. The number of imidazole rings is 1. The molecule has 3 aromatic rings. The van der Waals surface area contributed by atoms with Crippen LogP contribution in [0.4, 0.5) is 17.3 Å². The minimum atomic E-state index is 0.734. The number of fused-ring (bicyclic) bond motifs is 1. The highest BCUT2D eigenvalue weighted by atomic mass is 15.1. The zero-order valence-electron chi connectivity index (χ0n) is 9.96. The molecule has 0 radical (unpaired) electrons. The van der Waals surface area contributed by atoms with E-state index < -0.39 is 0 Å². The van der Waals surface area contributed by atoms with Crippen molar-refractivity contribution in [1.29, 1.82) is 0 Å². The second-order valence-electron chi connectivity index (χ2n) is 3.87. The van der Waals surface area contributed by atoms with Gasteiger partial charge in [0.1, 0.15) is 5.82 Å². The Hall–Kier alpha value is -2.56. The van der Waals surface area contributed by atoms with Crippen LogP contribution in [0.3, 0.4) is 0 Å². The van der Waals surface area contributed by atoms with E-state index in [-0.39, 0.29) is 0 Å². The Balaban J connectivity index is 2.07. The van der Waals surface area contributed by atoms with Gasteiger partial charge in [-0.15, -0.1) is 0 Å². The highest BCUT2D eigenvalue weighted by molar-refractivity contribution is 5.71. The summed E-state index contributed by atoms with van der Waals surface area (Å²) in [4.78, 5) is 8.78. The zero-order valence-corrected chi connectivity index (χ0v) is 9.96. The van der Waals surface area contributed by atoms with Crippen molar-refractivity contribution in [3.8, 4) is 0 Å². The van der Waals surface area contributed by atoms with Gasteiger partial charge in [0, 0.05) is 25.1 Å². The van der Waals surface area contributed by atoms with Crippen LogP contribution in [0.2, 0.25) is 0 Å². The van der Waals surface area contributed by atoms with Gasteiger partial charge >= 0.3 is 0 Å². The fourth-order valence-corrected chi connectivity index (χ4v) is 1.79. The summed E-state index contributed by atoms with van der Waals surface area (Å²) in [6, 6.07) is 9.92. The fourth-order valence-electron chi connectivity index (χ4n) is 1.79. The van der Waals surface area contributed by atoms with Gasteiger partial charge in [0.25, 0.3) is 0 Å². The Bertz CT molecular complexity index is 659. The number of nitrogens with zero attached hydrogens (tertiary/aromatic N) is 3. The number of aromatic nitrogens is 3. The van der Waals surface area contributed by atoms with Gasteiger partial charge in [-0.3, -0.25) is 0 Å². The minimum absolute atomic E-state index is 0.734. The second-order valence-corrected chi connectivity index (χ2v) is 3.87. The maximum atomic E-state index is 4.48. The van der Waals surface area contributed by atoms with Crippen molar-refractivity contribution < 1.29 is 0 Å². The van der Waals surface area contributed by atoms with Crippen molar-refractivity contribution in [2.24, 2.45) is 0 Å². The van der Waals surface area contributed by atoms with Gasteiger partial charge in [-0.1, -0.05) is 18.2 Å². The molecule has 5 nitrogen and oxygen atoms in total. The summed E-state index contributed by atoms with van der Waals surface area (Å²) < 4.78 is 1.93. The van der Waals surface area contributed by atoms with E-state index in [0.29, 0.717) is 0 Å². The highest BCUT2D eigenvalue weighted by Gasteiger charge is 2.06. The predicted molar refractivity (Wildman–Crippen MR) is 72.3 cm³/mol. The van der Waals surface area contributed by atoms with Gasteiger partial charge in [-0.05, 0) is 12.1 Å². The quantitative estimate of drug-likeness (QED) is 0.737. The van der Waals surface area contributed by atoms with Crippen molar-refractivity contribution >= 4 is 23.0 Å². The van der Waals surface area contributed by atoms with E-state index in [4.69, 9.17) is 0 Å². The number of para-hydroxylation sites is 1. The molecule has 0 amide bonds. The first-order chi connectivity index (χ1) is 8.86. The van der Waals surface area contributed by atoms with Crippen LogP contribution in [0, 0.1) is 0 Å². The molecule has 90 valence electrons. The van der Waals surface area contributed by atoms with Gasteiger partial charge in [0.05, 0.1) is 6.20 Å². The van der Waals surface area contributed by atoms with Crippen LogP contribution in [0.15, 0.2) is 48.9 Å². The molecule has 0 fully saturated rings. The SMILES string of the molecule is CNc1cn2ccnc2c(Nc2ccccc2)n1. The summed E-state index contributed by atoms with van der Waals surface area (Å²) in [5, 5.41) is 6.31. The lowest BCUT2D eigenvalue weighted by molar-refractivity contribution is 1.12. The van der Waals surface area contributed by atoms with E-state index in [1.54, 1.807) is 6.20 Å². The van der Waals surface area contributed by atoms with Crippen molar-refractivity contribution in [2.75, 3.05) is 17.7 Å². The molecule has 1 aromatic carbocycles. The first-order valence-corrected chi connectivity index (χ1v) is 5.70. The third kappa shape index (κ3) is 1.86. The number of benzene rings is 1. The van der Waals surface area contributed by atoms with E-state index in [2.05, 4.69) is 20.6 Å². The number of hydrogen-bond donors (Lipinski definition) is 2. The van der Waals surface area contributed by atoms with E-state index in [1.165, 1.54) is 0 Å². The van der Waals surface area contributed by atoms with E-state index >= 15 is 0 Å². The normalized spacial score (nSPS) is 10.5. The molecule has 2 aromatic heterocycles. The minimum Gasteiger partial charge on any atom is -0.372 e. The third-order valence-electron chi connectivity index (χ3n) is 2.67. The Kier molecular flexibility index (Phi) is 2.57. The molecule has 3 rings (SSSR count).